The third-order valence-electron chi connectivity index (χ3n) is 4.03. The summed E-state index contributed by atoms with van der Waals surface area (Å²) >= 11 is 0. The van der Waals surface area contributed by atoms with Crippen molar-refractivity contribution in [3.8, 4) is 5.75 Å². The molecule has 2 aromatic rings. The molecule has 0 fully saturated rings. The van der Waals surface area contributed by atoms with Gasteiger partial charge in [-0.3, -0.25) is 4.99 Å². The predicted octanol–water partition coefficient (Wildman–Crippen LogP) is 3.66. The minimum atomic E-state index is -0.338. The SMILES string of the molecule is CCOc1cc(C)ccc1CNC(=NC)NCc1ccc(C(=O)OC)cc1.I. The fourth-order valence-electron chi connectivity index (χ4n) is 2.56. The first-order chi connectivity index (χ1) is 13.1. The molecule has 0 atom stereocenters. The van der Waals surface area contributed by atoms with Crippen LogP contribution in [-0.2, 0) is 17.8 Å². The lowest BCUT2D eigenvalue weighted by Crippen LogP contribution is -2.36. The van der Waals surface area contributed by atoms with Gasteiger partial charge in [-0.2, -0.15) is 0 Å². The van der Waals surface area contributed by atoms with Gasteiger partial charge in [0.2, 0.25) is 0 Å². The summed E-state index contributed by atoms with van der Waals surface area (Å²) in [6.07, 6.45) is 0. The lowest BCUT2D eigenvalue weighted by atomic mass is 10.1. The zero-order chi connectivity index (χ0) is 19.6. The Morgan fingerprint density at radius 2 is 1.75 bits per heavy atom. The van der Waals surface area contributed by atoms with E-state index in [0.29, 0.717) is 31.2 Å². The molecule has 0 aromatic heterocycles. The minimum Gasteiger partial charge on any atom is -0.494 e. The number of guanidine groups is 1. The summed E-state index contributed by atoms with van der Waals surface area (Å²) in [6, 6.07) is 13.4. The second kappa shape index (κ2) is 12.2. The maximum Gasteiger partial charge on any atom is 0.337 e. The normalized spacial score (nSPS) is 10.6. The first-order valence-corrected chi connectivity index (χ1v) is 8.91. The van der Waals surface area contributed by atoms with Gasteiger partial charge in [0.25, 0.3) is 0 Å². The van der Waals surface area contributed by atoms with E-state index < -0.39 is 0 Å². The van der Waals surface area contributed by atoms with Crippen LogP contribution in [0, 0.1) is 6.92 Å². The number of ether oxygens (including phenoxy) is 2. The zero-order valence-electron chi connectivity index (χ0n) is 16.7. The van der Waals surface area contributed by atoms with Crippen LogP contribution in [0.15, 0.2) is 47.5 Å². The second-order valence-electron chi connectivity index (χ2n) is 6.01. The molecule has 0 radical (unpaired) electrons. The Labute approximate surface area is 183 Å². The fraction of sp³-hybridized carbons (Fsp3) is 0.333. The number of halogens is 1. The summed E-state index contributed by atoms with van der Waals surface area (Å²) in [6.45, 7) is 5.85. The first-order valence-electron chi connectivity index (χ1n) is 8.91. The van der Waals surface area contributed by atoms with Crippen molar-refractivity contribution in [2.24, 2.45) is 4.99 Å². The van der Waals surface area contributed by atoms with Gasteiger partial charge in [-0.1, -0.05) is 24.3 Å². The summed E-state index contributed by atoms with van der Waals surface area (Å²) in [4.78, 5) is 15.7. The Kier molecular flexibility index (Phi) is 10.4. The van der Waals surface area contributed by atoms with Gasteiger partial charge in [0.05, 0.1) is 19.3 Å². The number of aryl methyl sites for hydroxylation is 1. The van der Waals surface area contributed by atoms with Gasteiger partial charge in [-0.05, 0) is 43.2 Å². The van der Waals surface area contributed by atoms with Crippen LogP contribution < -0.4 is 15.4 Å². The van der Waals surface area contributed by atoms with E-state index in [9.17, 15) is 4.79 Å². The lowest BCUT2D eigenvalue weighted by molar-refractivity contribution is 0.0600. The molecule has 2 N–H and O–H groups in total. The Hall–Kier alpha value is -2.29. The number of aliphatic imine (C=N–C) groups is 1. The number of nitrogens with one attached hydrogen (secondary N) is 2. The molecular formula is C21H28IN3O3. The van der Waals surface area contributed by atoms with Gasteiger partial charge in [0, 0.05) is 25.7 Å². The topological polar surface area (TPSA) is 72.0 Å². The van der Waals surface area contributed by atoms with Gasteiger partial charge < -0.3 is 20.1 Å². The van der Waals surface area contributed by atoms with E-state index in [4.69, 9.17) is 9.47 Å². The maximum absolute atomic E-state index is 11.5. The number of carbonyl (C=O) groups excluding carboxylic acids is 1. The van der Waals surface area contributed by atoms with Crippen LogP contribution in [0.5, 0.6) is 5.75 Å². The van der Waals surface area contributed by atoms with E-state index in [1.165, 1.54) is 12.7 Å². The van der Waals surface area contributed by atoms with E-state index in [2.05, 4.69) is 27.8 Å². The van der Waals surface area contributed by atoms with Crippen molar-refractivity contribution in [2.45, 2.75) is 26.9 Å². The minimum absolute atomic E-state index is 0. The Bertz CT molecular complexity index is 792. The van der Waals surface area contributed by atoms with Gasteiger partial charge in [0.15, 0.2) is 5.96 Å². The van der Waals surface area contributed by atoms with Crippen LogP contribution >= 0.6 is 24.0 Å². The van der Waals surface area contributed by atoms with E-state index in [-0.39, 0.29) is 29.9 Å². The molecule has 6 nitrogen and oxygen atoms in total. The Balaban J connectivity index is 0.00000392. The van der Waals surface area contributed by atoms with E-state index in [0.717, 1.165) is 16.9 Å². The molecule has 28 heavy (non-hydrogen) atoms. The molecule has 7 heteroatoms. The van der Waals surface area contributed by atoms with Gasteiger partial charge in [-0.25, -0.2) is 4.79 Å². The van der Waals surface area contributed by atoms with Crippen molar-refractivity contribution in [2.75, 3.05) is 20.8 Å². The second-order valence-corrected chi connectivity index (χ2v) is 6.01. The molecule has 2 rings (SSSR count). The standard InChI is InChI=1S/C21H27N3O3.HI/c1-5-27-19-12-15(2)6-9-18(19)14-24-21(22-3)23-13-16-7-10-17(11-8-16)20(25)26-4;/h6-12H,5,13-14H2,1-4H3,(H2,22,23,24);1H. The van der Waals surface area contributed by atoms with E-state index >= 15 is 0 Å². The smallest absolute Gasteiger partial charge is 0.337 e. The summed E-state index contributed by atoms with van der Waals surface area (Å²) in [7, 11) is 3.10. The molecule has 0 unspecified atom stereocenters. The summed E-state index contributed by atoms with van der Waals surface area (Å²) in [5.74, 6) is 1.24. The number of benzene rings is 2. The molecule has 0 amide bonds. The Morgan fingerprint density at radius 3 is 2.36 bits per heavy atom. The zero-order valence-corrected chi connectivity index (χ0v) is 19.1. The van der Waals surface area contributed by atoms with Crippen LogP contribution in [-0.4, -0.2) is 32.7 Å². The van der Waals surface area contributed by atoms with Crippen molar-refractivity contribution in [1.29, 1.82) is 0 Å². The van der Waals surface area contributed by atoms with Gasteiger partial charge >= 0.3 is 5.97 Å². The molecule has 2 aromatic carbocycles. The molecule has 0 heterocycles. The van der Waals surface area contributed by atoms with Crippen LogP contribution in [0.4, 0.5) is 0 Å². The summed E-state index contributed by atoms with van der Waals surface area (Å²) in [5, 5.41) is 6.56. The highest BCUT2D eigenvalue weighted by molar-refractivity contribution is 14.0. The summed E-state index contributed by atoms with van der Waals surface area (Å²) < 4.78 is 10.4. The Morgan fingerprint density at radius 1 is 1.07 bits per heavy atom. The molecular weight excluding hydrogens is 469 g/mol. The molecule has 0 bridgehead atoms. The molecule has 0 aliphatic heterocycles. The largest absolute Gasteiger partial charge is 0.494 e. The van der Waals surface area contributed by atoms with Crippen LogP contribution in [0.25, 0.3) is 0 Å². The van der Waals surface area contributed by atoms with Crippen LogP contribution in [0.3, 0.4) is 0 Å². The highest BCUT2D eigenvalue weighted by Gasteiger charge is 2.07. The third kappa shape index (κ3) is 7.03. The van der Waals surface area contributed by atoms with E-state index in [1.807, 2.05) is 32.0 Å². The number of methoxy groups -OCH3 is 1. The number of rotatable bonds is 7. The first kappa shape index (κ1) is 23.7. The number of hydrogen-bond acceptors (Lipinski definition) is 4. The van der Waals surface area contributed by atoms with Crippen molar-refractivity contribution in [1.82, 2.24) is 10.6 Å². The van der Waals surface area contributed by atoms with Crippen molar-refractivity contribution < 1.29 is 14.3 Å². The predicted molar refractivity (Wildman–Crippen MR) is 123 cm³/mol. The molecule has 0 aliphatic rings. The number of esters is 1. The average Bonchev–Trinajstić information content (AvgIpc) is 2.69. The molecule has 0 spiro atoms. The van der Waals surface area contributed by atoms with Crippen molar-refractivity contribution in [3.05, 3.63) is 64.7 Å². The highest BCUT2D eigenvalue weighted by atomic mass is 127. The number of hydrogen-bond donors (Lipinski definition) is 2. The summed E-state index contributed by atoms with van der Waals surface area (Å²) in [5.41, 5.74) is 3.82. The van der Waals surface area contributed by atoms with Crippen LogP contribution in [0.2, 0.25) is 0 Å². The molecule has 0 saturated heterocycles. The quantitative estimate of drug-likeness (QED) is 0.265. The van der Waals surface area contributed by atoms with Crippen molar-refractivity contribution in [3.63, 3.8) is 0 Å². The highest BCUT2D eigenvalue weighted by Crippen LogP contribution is 2.20. The maximum atomic E-state index is 11.5. The van der Waals surface area contributed by atoms with Crippen molar-refractivity contribution >= 4 is 35.9 Å². The monoisotopic (exact) mass is 497 g/mol. The number of carbonyl (C=O) groups is 1. The molecule has 152 valence electrons. The van der Waals surface area contributed by atoms with Crippen LogP contribution in [0.1, 0.15) is 34.0 Å². The lowest BCUT2D eigenvalue weighted by Gasteiger charge is -2.15. The fourth-order valence-corrected chi connectivity index (χ4v) is 2.56. The third-order valence-corrected chi connectivity index (χ3v) is 4.03. The van der Waals surface area contributed by atoms with E-state index in [1.54, 1.807) is 19.2 Å². The number of nitrogens with zero attached hydrogens (tertiary/aromatic N) is 1. The molecule has 0 saturated carbocycles. The average molecular weight is 497 g/mol. The van der Waals surface area contributed by atoms with Gasteiger partial charge in [-0.15, -0.1) is 24.0 Å². The van der Waals surface area contributed by atoms with Gasteiger partial charge in [0.1, 0.15) is 5.75 Å². The molecule has 0 aliphatic carbocycles.